The van der Waals surface area contributed by atoms with E-state index in [1.165, 1.54) is 18.2 Å². The fraction of sp³-hybridized carbons (Fsp3) is 0.381. The van der Waals surface area contributed by atoms with Crippen molar-refractivity contribution < 1.29 is 19.3 Å². The van der Waals surface area contributed by atoms with Crippen molar-refractivity contribution in [3.8, 4) is 0 Å². The number of aromatic nitrogens is 2. The van der Waals surface area contributed by atoms with Crippen molar-refractivity contribution in [3.63, 3.8) is 0 Å². The average molecular weight is 469 g/mol. The number of benzene rings is 1. The molecule has 1 aromatic carbocycles. The molecule has 0 saturated carbocycles. The van der Waals surface area contributed by atoms with Gasteiger partial charge in [-0.1, -0.05) is 6.07 Å². The summed E-state index contributed by atoms with van der Waals surface area (Å²) < 4.78 is 0. The number of rotatable bonds is 5. The van der Waals surface area contributed by atoms with Crippen molar-refractivity contribution in [1.82, 2.24) is 9.97 Å². The highest BCUT2D eigenvalue weighted by atomic mass is 16.6. The molecule has 0 radical (unpaired) electrons. The number of primary amides is 1. The zero-order valence-corrected chi connectivity index (χ0v) is 18.3. The molecule has 178 valence electrons. The van der Waals surface area contributed by atoms with Crippen LogP contribution in [0, 0.1) is 23.0 Å². The van der Waals surface area contributed by atoms with Crippen molar-refractivity contribution in [3.05, 3.63) is 49.8 Å². The van der Waals surface area contributed by atoms with Crippen LogP contribution in [0.1, 0.15) is 36.3 Å². The van der Waals surface area contributed by atoms with Crippen molar-refractivity contribution in [2.45, 2.75) is 32.1 Å². The quantitative estimate of drug-likeness (QED) is 0.364. The molecule has 0 aliphatic carbocycles. The second-order valence-electron chi connectivity index (χ2n) is 8.37. The van der Waals surface area contributed by atoms with E-state index in [1.54, 1.807) is 11.8 Å². The molecule has 2 aliphatic rings. The molecule has 34 heavy (non-hydrogen) atoms. The number of hydrogen-bond donors (Lipinski definition) is 4. The smallest absolute Gasteiger partial charge is 0.274 e. The molecule has 1 atom stereocenters. The Morgan fingerprint density at radius 2 is 1.97 bits per heavy atom. The van der Waals surface area contributed by atoms with E-state index in [9.17, 15) is 29.3 Å². The topological polar surface area (TPSA) is 193 Å². The molecule has 1 aromatic heterocycles. The number of aromatic amines is 1. The minimum absolute atomic E-state index is 0.00878. The van der Waals surface area contributed by atoms with Gasteiger partial charge in [-0.15, -0.1) is 0 Å². The largest absolute Gasteiger partial charge is 0.369 e. The van der Waals surface area contributed by atoms with Crippen LogP contribution in [0.5, 0.6) is 0 Å². The summed E-state index contributed by atoms with van der Waals surface area (Å²) in [4.78, 5) is 69.1. The molecule has 2 aromatic rings. The van der Waals surface area contributed by atoms with Crippen LogP contribution in [0.2, 0.25) is 0 Å². The van der Waals surface area contributed by atoms with Crippen LogP contribution >= 0.6 is 0 Å². The number of carbonyl (C=O) groups excluding carboxylic acids is 3. The molecule has 1 saturated heterocycles. The van der Waals surface area contributed by atoms with Crippen molar-refractivity contribution >= 4 is 40.9 Å². The molecule has 0 bridgehead atoms. The second-order valence-corrected chi connectivity index (χ2v) is 8.37. The lowest BCUT2D eigenvalue weighted by molar-refractivity contribution is -0.385. The average Bonchev–Trinajstić information content (AvgIpc) is 2.79. The van der Waals surface area contributed by atoms with Crippen LogP contribution in [0.3, 0.4) is 0 Å². The molecule has 13 nitrogen and oxygen atoms in total. The molecule has 0 spiro atoms. The van der Waals surface area contributed by atoms with Gasteiger partial charge in [0, 0.05) is 42.7 Å². The first kappa shape index (κ1) is 22.9. The van der Waals surface area contributed by atoms with Gasteiger partial charge in [-0.25, -0.2) is 0 Å². The molecular weight excluding hydrogens is 446 g/mol. The Kier molecular flexibility index (Phi) is 6.01. The Balaban J connectivity index is 1.59. The van der Waals surface area contributed by atoms with Gasteiger partial charge in [0.25, 0.3) is 11.2 Å². The van der Waals surface area contributed by atoms with E-state index in [0.29, 0.717) is 31.5 Å². The normalized spacial score (nSPS) is 18.1. The number of fused-ring (bicyclic) bond motifs is 1. The number of nitrogens with two attached hydrogens (primary N) is 1. The third-order valence-electron chi connectivity index (χ3n) is 6.13. The second kappa shape index (κ2) is 8.92. The number of nitro groups is 1. The fourth-order valence-corrected chi connectivity index (χ4v) is 4.22. The van der Waals surface area contributed by atoms with Gasteiger partial charge in [0.1, 0.15) is 5.82 Å². The predicted molar refractivity (Wildman–Crippen MR) is 121 cm³/mol. The number of H-pyrrole nitrogens is 1. The minimum atomic E-state index is -1.13. The zero-order chi connectivity index (χ0) is 24.6. The summed E-state index contributed by atoms with van der Waals surface area (Å²) in [5, 5.41) is 16.3. The summed E-state index contributed by atoms with van der Waals surface area (Å²) in [6.07, 6.45) is 0.743. The maximum atomic E-state index is 13.0. The molecule has 5 N–H and O–H groups in total. The summed E-state index contributed by atoms with van der Waals surface area (Å²) in [5.74, 6) is -2.67. The lowest BCUT2D eigenvalue weighted by Crippen LogP contribution is -2.41. The van der Waals surface area contributed by atoms with Crippen molar-refractivity contribution in [1.29, 1.82) is 0 Å². The van der Waals surface area contributed by atoms with Gasteiger partial charge in [0.2, 0.25) is 23.7 Å². The number of anilines is 3. The Morgan fingerprint density at radius 3 is 2.62 bits per heavy atom. The summed E-state index contributed by atoms with van der Waals surface area (Å²) >= 11 is 0. The first-order valence-corrected chi connectivity index (χ1v) is 10.7. The Morgan fingerprint density at radius 1 is 1.26 bits per heavy atom. The van der Waals surface area contributed by atoms with Crippen LogP contribution in [0.15, 0.2) is 23.0 Å². The highest BCUT2D eigenvalue weighted by Crippen LogP contribution is 2.31. The summed E-state index contributed by atoms with van der Waals surface area (Å²) in [6, 6.07) is 4.22. The van der Waals surface area contributed by atoms with Gasteiger partial charge in [-0.2, -0.15) is 4.98 Å². The molecule has 4 rings (SSSR count). The molecule has 3 heterocycles. The number of nitrogens with zero attached hydrogens (tertiary/aromatic N) is 3. The molecule has 2 aliphatic heterocycles. The van der Waals surface area contributed by atoms with E-state index in [-0.39, 0.29) is 47.0 Å². The molecular formula is C21H23N7O6. The van der Waals surface area contributed by atoms with Gasteiger partial charge in [-0.3, -0.25) is 34.3 Å². The maximum absolute atomic E-state index is 13.0. The number of piperidine rings is 1. The van der Waals surface area contributed by atoms with Crippen LogP contribution in [0.4, 0.5) is 23.1 Å². The lowest BCUT2D eigenvalue weighted by atomic mass is 9.92. The van der Waals surface area contributed by atoms with E-state index in [2.05, 4.69) is 20.6 Å². The highest BCUT2D eigenvalue weighted by molar-refractivity contribution is 6.04. The highest BCUT2D eigenvalue weighted by Gasteiger charge is 2.36. The molecule has 3 amide bonds. The van der Waals surface area contributed by atoms with Crippen molar-refractivity contribution in [2.24, 2.45) is 11.7 Å². The number of hydrogen-bond acceptors (Lipinski definition) is 8. The predicted octanol–water partition coefficient (Wildman–Crippen LogP) is 0.753. The van der Waals surface area contributed by atoms with Crippen LogP contribution in [-0.2, 0) is 14.4 Å². The number of nitrogens with one attached hydrogen (secondary N) is 3. The first-order valence-electron chi connectivity index (χ1n) is 10.7. The SMILES string of the molecule is Cc1ccc(NC(=O)[C@@H]2CC(=O)Nc3nc(N4CCC(C(N)=O)CC4)[nH]c(=O)c32)cc1[N+](=O)[O-]. The summed E-state index contributed by atoms with van der Waals surface area (Å²) in [5.41, 5.74) is 5.23. The van der Waals surface area contributed by atoms with Gasteiger partial charge in [0.05, 0.1) is 16.4 Å². The Bertz CT molecular complexity index is 1250. The standard InChI is InChI=1S/C21H23N7O6/c1-10-2-3-12(8-14(10)28(33)34)23-19(31)13-9-15(29)24-18-16(13)20(32)26-21(25-18)27-6-4-11(5-7-27)17(22)30/h2-3,8,11,13H,4-7,9H2,1H3,(H2,22,30)(H,23,31)(H2,24,25,26,29,32)/t13-/m1/s1. The third-order valence-corrected chi connectivity index (χ3v) is 6.13. The van der Waals surface area contributed by atoms with E-state index < -0.39 is 28.2 Å². The van der Waals surface area contributed by atoms with Gasteiger partial charge < -0.3 is 21.3 Å². The minimum Gasteiger partial charge on any atom is -0.369 e. The molecule has 13 heteroatoms. The lowest BCUT2D eigenvalue weighted by Gasteiger charge is -2.32. The third kappa shape index (κ3) is 4.44. The van der Waals surface area contributed by atoms with Crippen molar-refractivity contribution in [2.75, 3.05) is 28.6 Å². The summed E-state index contributed by atoms with van der Waals surface area (Å²) in [7, 11) is 0. The van der Waals surface area contributed by atoms with Gasteiger partial charge in [0.15, 0.2) is 0 Å². The fourth-order valence-electron chi connectivity index (χ4n) is 4.22. The number of carbonyl (C=O) groups is 3. The number of amides is 3. The van der Waals surface area contributed by atoms with E-state index in [0.717, 1.165) is 0 Å². The van der Waals surface area contributed by atoms with Crippen LogP contribution in [-0.4, -0.2) is 45.7 Å². The monoisotopic (exact) mass is 469 g/mol. The van der Waals surface area contributed by atoms with E-state index in [1.807, 2.05) is 0 Å². The summed E-state index contributed by atoms with van der Waals surface area (Å²) in [6.45, 7) is 2.46. The van der Waals surface area contributed by atoms with Gasteiger partial charge >= 0.3 is 0 Å². The number of aryl methyl sites for hydroxylation is 1. The molecule has 0 unspecified atom stereocenters. The van der Waals surface area contributed by atoms with E-state index in [4.69, 9.17) is 5.73 Å². The first-order chi connectivity index (χ1) is 16.1. The van der Waals surface area contributed by atoms with Gasteiger partial charge in [-0.05, 0) is 25.8 Å². The van der Waals surface area contributed by atoms with Crippen LogP contribution < -0.4 is 26.8 Å². The molecule has 1 fully saturated rings. The zero-order valence-electron chi connectivity index (χ0n) is 18.3. The van der Waals surface area contributed by atoms with E-state index >= 15 is 0 Å². The Hall–Kier alpha value is -4.29. The maximum Gasteiger partial charge on any atom is 0.274 e. The number of nitro benzene ring substituents is 1. The van der Waals surface area contributed by atoms with Crippen LogP contribution in [0.25, 0.3) is 0 Å². The Labute approximate surface area is 192 Å².